The molecule has 116 valence electrons. The van der Waals surface area contributed by atoms with Crippen molar-refractivity contribution in [1.82, 2.24) is 4.31 Å². The van der Waals surface area contributed by atoms with Gasteiger partial charge >= 0.3 is 5.97 Å². The Morgan fingerprint density at radius 2 is 2.00 bits per heavy atom. The van der Waals surface area contributed by atoms with E-state index in [-0.39, 0.29) is 11.4 Å². The van der Waals surface area contributed by atoms with Gasteiger partial charge in [0.15, 0.2) is 5.82 Å². The van der Waals surface area contributed by atoms with Crippen LogP contribution in [0.15, 0.2) is 17.0 Å². The molecule has 1 aromatic carbocycles. The van der Waals surface area contributed by atoms with E-state index in [1.807, 2.05) is 0 Å². The minimum atomic E-state index is -4.37. The zero-order chi connectivity index (χ0) is 15.9. The Hall–Kier alpha value is -0.930. The van der Waals surface area contributed by atoms with Crippen molar-refractivity contribution in [1.29, 1.82) is 0 Å². The number of carbonyl (C=O) groups is 1. The van der Waals surface area contributed by atoms with Crippen LogP contribution in [0.3, 0.4) is 0 Å². The summed E-state index contributed by atoms with van der Waals surface area (Å²) in [5.41, 5.74) is 0. The molecule has 21 heavy (non-hydrogen) atoms. The molecule has 0 spiro atoms. The van der Waals surface area contributed by atoms with Gasteiger partial charge in [-0.05, 0) is 12.1 Å². The van der Waals surface area contributed by atoms with Crippen LogP contribution in [-0.4, -0.2) is 47.6 Å². The number of carboxylic acids is 1. The number of β-amino-alcohol motifs (C(OH)–C–C–N with tert-alkyl or cyclic N) is 1. The average molecular weight is 358 g/mol. The normalized spacial score (nSPS) is 23.4. The van der Waals surface area contributed by atoms with E-state index in [1.165, 1.54) is 0 Å². The lowest BCUT2D eigenvalue weighted by molar-refractivity contribution is -0.140. The second kappa shape index (κ2) is 5.69. The molecule has 10 heteroatoms. The van der Waals surface area contributed by atoms with Crippen molar-refractivity contribution in [2.24, 2.45) is 0 Å². The summed E-state index contributed by atoms with van der Waals surface area (Å²) in [7, 11) is -4.37. The predicted octanol–water partition coefficient (Wildman–Crippen LogP) is 1.34. The Bertz CT molecular complexity index is 696. The second-order valence-corrected chi connectivity index (χ2v) is 7.14. The number of aliphatic hydroxyl groups is 1. The largest absolute Gasteiger partial charge is 0.480 e. The zero-order valence-electron chi connectivity index (χ0n) is 10.3. The zero-order valence-corrected chi connectivity index (χ0v) is 12.7. The van der Waals surface area contributed by atoms with Crippen molar-refractivity contribution >= 4 is 39.2 Å². The van der Waals surface area contributed by atoms with Crippen molar-refractivity contribution in [2.75, 3.05) is 6.54 Å². The van der Waals surface area contributed by atoms with Gasteiger partial charge in [-0.2, -0.15) is 4.31 Å². The molecular weight excluding hydrogens is 348 g/mol. The fraction of sp³-hybridized carbons (Fsp3) is 0.364. The molecule has 1 saturated heterocycles. The lowest BCUT2D eigenvalue weighted by Crippen LogP contribution is -2.40. The molecule has 0 aromatic heterocycles. The molecule has 0 aliphatic carbocycles. The van der Waals surface area contributed by atoms with Crippen LogP contribution in [0.5, 0.6) is 0 Å². The minimum Gasteiger partial charge on any atom is -0.480 e. The molecule has 1 fully saturated rings. The van der Waals surface area contributed by atoms with Gasteiger partial charge < -0.3 is 10.2 Å². The summed E-state index contributed by atoms with van der Waals surface area (Å²) in [6.45, 7) is -0.403. The Balaban J connectivity index is 2.52. The van der Waals surface area contributed by atoms with Gasteiger partial charge in [-0.1, -0.05) is 23.2 Å². The maximum atomic E-state index is 13.6. The molecule has 1 heterocycles. The Morgan fingerprint density at radius 1 is 1.38 bits per heavy atom. The quantitative estimate of drug-likeness (QED) is 0.796. The molecule has 2 atom stereocenters. The molecule has 0 radical (unpaired) electrons. The molecule has 2 N–H and O–H groups in total. The lowest BCUT2D eigenvalue weighted by Gasteiger charge is -2.21. The molecule has 0 saturated carbocycles. The van der Waals surface area contributed by atoms with E-state index in [1.54, 1.807) is 0 Å². The van der Waals surface area contributed by atoms with Crippen molar-refractivity contribution in [3.63, 3.8) is 0 Å². The number of nitrogens with zero attached hydrogens (tertiary/aromatic N) is 1. The fourth-order valence-corrected chi connectivity index (χ4v) is 4.46. The molecule has 6 nitrogen and oxygen atoms in total. The van der Waals surface area contributed by atoms with E-state index in [0.29, 0.717) is 4.31 Å². The van der Waals surface area contributed by atoms with E-state index in [4.69, 9.17) is 28.3 Å². The smallest absolute Gasteiger partial charge is 0.322 e. The minimum absolute atomic E-state index is 0.248. The summed E-state index contributed by atoms with van der Waals surface area (Å²) in [5.74, 6) is -2.51. The number of hydrogen-bond donors (Lipinski definition) is 2. The lowest BCUT2D eigenvalue weighted by atomic mass is 10.2. The van der Waals surface area contributed by atoms with Gasteiger partial charge in [0.1, 0.15) is 10.9 Å². The standard InChI is InChI=1S/C11H10Cl2FNO5S/c12-6-1-2-8(9(13)10(6)14)21(19,20)15-4-5(16)3-7(15)11(17)18/h1-2,5,7,16H,3-4H2,(H,17,18)/t5-,7-/m0/s1. The molecule has 1 aromatic rings. The van der Waals surface area contributed by atoms with Gasteiger partial charge in [0.2, 0.25) is 10.0 Å². The summed E-state index contributed by atoms with van der Waals surface area (Å²) in [6.07, 6.45) is -1.36. The van der Waals surface area contributed by atoms with Crippen molar-refractivity contribution in [3.8, 4) is 0 Å². The number of carboxylic acid groups (broad SMARTS) is 1. The highest BCUT2D eigenvalue weighted by molar-refractivity contribution is 7.89. The second-order valence-electron chi connectivity index (χ2n) is 4.49. The summed E-state index contributed by atoms with van der Waals surface area (Å²) < 4.78 is 39.1. The first-order valence-corrected chi connectivity index (χ1v) is 7.92. The molecule has 1 aliphatic heterocycles. The first kappa shape index (κ1) is 16.4. The van der Waals surface area contributed by atoms with Gasteiger partial charge in [0, 0.05) is 13.0 Å². The number of halogens is 3. The Kier molecular flexibility index (Phi) is 4.46. The van der Waals surface area contributed by atoms with Crippen LogP contribution in [0.25, 0.3) is 0 Å². The van der Waals surface area contributed by atoms with E-state index >= 15 is 0 Å². The molecule has 2 rings (SSSR count). The molecular formula is C11H10Cl2FNO5S. The van der Waals surface area contributed by atoms with Crippen molar-refractivity contribution in [2.45, 2.75) is 23.5 Å². The first-order valence-electron chi connectivity index (χ1n) is 5.72. The SMILES string of the molecule is O=C(O)[C@@H]1C[C@H](O)CN1S(=O)(=O)c1ccc(Cl)c(F)c1Cl. The highest BCUT2D eigenvalue weighted by Crippen LogP contribution is 2.34. The van der Waals surface area contributed by atoms with E-state index in [9.17, 15) is 22.7 Å². The van der Waals surface area contributed by atoms with Gasteiger partial charge in [0.05, 0.1) is 16.1 Å². The summed E-state index contributed by atoms with van der Waals surface area (Å²) in [6, 6.07) is 0.574. The van der Waals surface area contributed by atoms with Crippen LogP contribution in [0, 0.1) is 5.82 Å². The highest BCUT2D eigenvalue weighted by Gasteiger charge is 2.44. The highest BCUT2D eigenvalue weighted by atomic mass is 35.5. The molecule has 0 unspecified atom stereocenters. The number of benzene rings is 1. The monoisotopic (exact) mass is 357 g/mol. The molecule has 0 bridgehead atoms. The van der Waals surface area contributed by atoms with Crippen molar-refractivity contribution in [3.05, 3.63) is 28.0 Å². The van der Waals surface area contributed by atoms with Crippen LogP contribution in [0.4, 0.5) is 4.39 Å². The van der Waals surface area contributed by atoms with Gasteiger partial charge in [0.25, 0.3) is 0 Å². The number of aliphatic hydroxyl groups excluding tert-OH is 1. The number of aliphatic carboxylic acids is 1. The number of sulfonamides is 1. The van der Waals surface area contributed by atoms with Gasteiger partial charge in [-0.3, -0.25) is 4.79 Å². The van der Waals surface area contributed by atoms with Crippen molar-refractivity contribution < 1.29 is 27.8 Å². The van der Waals surface area contributed by atoms with Crippen LogP contribution < -0.4 is 0 Å². The Morgan fingerprint density at radius 3 is 2.57 bits per heavy atom. The number of hydrogen-bond acceptors (Lipinski definition) is 4. The fourth-order valence-electron chi connectivity index (χ4n) is 2.11. The molecule has 0 amide bonds. The van der Waals surface area contributed by atoms with Crippen LogP contribution in [0.1, 0.15) is 6.42 Å². The third kappa shape index (κ3) is 2.86. The maximum Gasteiger partial charge on any atom is 0.322 e. The molecule has 1 aliphatic rings. The maximum absolute atomic E-state index is 13.6. The van der Waals surface area contributed by atoms with Crippen LogP contribution in [0.2, 0.25) is 10.0 Å². The first-order chi connectivity index (χ1) is 9.66. The third-order valence-corrected chi connectivity index (χ3v) is 5.80. The van der Waals surface area contributed by atoms with E-state index in [0.717, 1.165) is 12.1 Å². The van der Waals surface area contributed by atoms with E-state index < -0.39 is 50.4 Å². The van der Waals surface area contributed by atoms with Crippen LogP contribution >= 0.6 is 23.2 Å². The van der Waals surface area contributed by atoms with Gasteiger partial charge in [-0.15, -0.1) is 0 Å². The third-order valence-electron chi connectivity index (χ3n) is 3.11. The van der Waals surface area contributed by atoms with E-state index in [2.05, 4.69) is 0 Å². The predicted molar refractivity (Wildman–Crippen MR) is 72.4 cm³/mol. The summed E-state index contributed by atoms with van der Waals surface area (Å²) in [4.78, 5) is 10.5. The summed E-state index contributed by atoms with van der Waals surface area (Å²) >= 11 is 11.1. The van der Waals surface area contributed by atoms with Crippen LogP contribution in [-0.2, 0) is 14.8 Å². The average Bonchev–Trinajstić information content (AvgIpc) is 2.79. The Labute approximate surface area is 129 Å². The topological polar surface area (TPSA) is 94.9 Å². The van der Waals surface area contributed by atoms with Gasteiger partial charge in [-0.25, -0.2) is 12.8 Å². The number of rotatable bonds is 3. The summed E-state index contributed by atoms with van der Waals surface area (Å²) in [5, 5.41) is 17.5.